The molecule has 1 amide bonds. The highest BCUT2D eigenvalue weighted by molar-refractivity contribution is 5.99. The molecule has 146 valence electrons. The highest BCUT2D eigenvalue weighted by Gasteiger charge is 2.24. The van der Waals surface area contributed by atoms with Crippen LogP contribution >= 0.6 is 0 Å². The first-order valence-electron chi connectivity index (χ1n) is 8.68. The van der Waals surface area contributed by atoms with Crippen molar-refractivity contribution >= 4 is 23.0 Å². The van der Waals surface area contributed by atoms with Crippen LogP contribution in [0, 0.1) is 0 Å². The van der Waals surface area contributed by atoms with Gasteiger partial charge in [0.05, 0.1) is 11.3 Å². The van der Waals surface area contributed by atoms with Crippen LogP contribution in [0.1, 0.15) is 23.7 Å². The molecule has 8 heteroatoms. The lowest BCUT2D eigenvalue weighted by atomic mass is 10.1. The summed E-state index contributed by atoms with van der Waals surface area (Å²) in [5.41, 5.74) is -0.636. The van der Waals surface area contributed by atoms with Crippen molar-refractivity contribution in [3.8, 4) is 5.75 Å². The summed E-state index contributed by atoms with van der Waals surface area (Å²) in [7, 11) is 7.08. The van der Waals surface area contributed by atoms with Crippen molar-refractivity contribution in [3.05, 3.63) is 44.2 Å². The van der Waals surface area contributed by atoms with Crippen LogP contribution in [0.3, 0.4) is 0 Å². The first-order valence-corrected chi connectivity index (χ1v) is 8.68. The van der Waals surface area contributed by atoms with E-state index in [-0.39, 0.29) is 40.3 Å². The van der Waals surface area contributed by atoms with Crippen molar-refractivity contribution in [2.75, 3.05) is 45.4 Å². The first kappa shape index (κ1) is 20.4. The maximum absolute atomic E-state index is 12.1. The number of rotatable bonds is 8. The van der Waals surface area contributed by atoms with Crippen LogP contribution in [0.15, 0.2) is 27.8 Å². The summed E-state index contributed by atoms with van der Waals surface area (Å²) in [6.45, 7) is 2.76. The summed E-state index contributed by atoms with van der Waals surface area (Å²) in [4.78, 5) is 39.4. The summed E-state index contributed by atoms with van der Waals surface area (Å²) in [5, 5.41) is 16.2. The highest BCUT2D eigenvalue weighted by Crippen LogP contribution is 2.32. The van der Waals surface area contributed by atoms with Gasteiger partial charge in [-0.1, -0.05) is 6.07 Å². The predicted molar refractivity (Wildman–Crippen MR) is 107 cm³/mol. The molecule has 3 N–H and O–H groups in total. The molecule has 0 aromatic heterocycles. The minimum atomic E-state index is -0.652. The molecule has 0 fully saturated rings. The average molecular weight is 374 g/mol. The fourth-order valence-corrected chi connectivity index (χ4v) is 2.61. The van der Waals surface area contributed by atoms with Gasteiger partial charge in [0.15, 0.2) is 5.75 Å². The van der Waals surface area contributed by atoms with E-state index in [9.17, 15) is 19.5 Å². The summed E-state index contributed by atoms with van der Waals surface area (Å²) in [6, 6.07) is 4.62. The molecule has 0 bridgehead atoms. The summed E-state index contributed by atoms with van der Waals surface area (Å²) < 4.78 is 0. The smallest absolute Gasteiger partial charge is 0.257 e. The van der Waals surface area contributed by atoms with E-state index in [0.717, 1.165) is 13.0 Å². The zero-order valence-corrected chi connectivity index (χ0v) is 16.3. The Labute approximate surface area is 158 Å². The van der Waals surface area contributed by atoms with Crippen LogP contribution in [0.5, 0.6) is 5.75 Å². The number of hydrogen-bond acceptors (Lipinski definition) is 7. The van der Waals surface area contributed by atoms with Gasteiger partial charge < -0.3 is 25.5 Å². The third-order valence-electron chi connectivity index (χ3n) is 4.24. The van der Waals surface area contributed by atoms with Gasteiger partial charge in [0.2, 0.25) is 0 Å². The number of carbonyl (C=O) groups is 1. The van der Waals surface area contributed by atoms with Crippen molar-refractivity contribution in [3.63, 3.8) is 0 Å². The molecule has 0 radical (unpaired) electrons. The number of benzene rings is 1. The molecular weight excluding hydrogens is 348 g/mol. The Morgan fingerprint density at radius 1 is 1.11 bits per heavy atom. The number of nitrogens with zero attached hydrogens (tertiary/aromatic N) is 2. The van der Waals surface area contributed by atoms with Crippen molar-refractivity contribution in [2.24, 2.45) is 0 Å². The minimum Gasteiger partial charge on any atom is -0.505 e. The molecule has 2 rings (SSSR count). The summed E-state index contributed by atoms with van der Waals surface area (Å²) in [6.07, 6.45) is 0.795. The summed E-state index contributed by atoms with van der Waals surface area (Å²) in [5.74, 6) is -0.632. The van der Waals surface area contributed by atoms with E-state index in [1.54, 1.807) is 20.2 Å². The Balaban J connectivity index is 2.23. The molecule has 0 aliphatic carbocycles. The van der Waals surface area contributed by atoms with Crippen LogP contribution < -0.4 is 21.5 Å². The second-order valence-electron chi connectivity index (χ2n) is 7.07. The van der Waals surface area contributed by atoms with E-state index in [0.29, 0.717) is 0 Å². The van der Waals surface area contributed by atoms with Gasteiger partial charge in [-0.2, -0.15) is 0 Å². The number of anilines is 3. The number of nitrogens with one attached hydrogen (secondary N) is 2. The average Bonchev–Trinajstić information content (AvgIpc) is 2.62. The molecule has 0 aliphatic rings. The lowest BCUT2D eigenvalue weighted by Gasteiger charge is -2.21. The monoisotopic (exact) mass is 374 g/mol. The fourth-order valence-electron chi connectivity index (χ4n) is 2.61. The molecule has 0 saturated carbocycles. The molecule has 0 aliphatic heterocycles. The van der Waals surface area contributed by atoms with Crippen molar-refractivity contribution in [2.45, 2.75) is 19.4 Å². The topological polar surface area (TPSA) is 102 Å². The maximum atomic E-state index is 12.1. The quantitative estimate of drug-likeness (QED) is 0.471. The number of aromatic hydroxyl groups is 1. The largest absolute Gasteiger partial charge is 0.505 e. The van der Waals surface area contributed by atoms with E-state index in [1.165, 1.54) is 17.0 Å². The number of amides is 1. The Morgan fingerprint density at radius 2 is 1.74 bits per heavy atom. The van der Waals surface area contributed by atoms with E-state index >= 15 is 0 Å². The molecule has 0 saturated heterocycles. The molecule has 2 aromatic rings. The zero-order valence-electron chi connectivity index (χ0n) is 16.3. The Hall–Kier alpha value is -2.87. The standard InChI is InChI=1S/C19H26N4O4/c1-11(9-10-22(2)3)20-14-15(18(26)17(14)25)21-13-8-6-7-12(16(13)24)19(27)23(4)5/h6-8,11,20-21,24H,9-10H2,1-5H3. The summed E-state index contributed by atoms with van der Waals surface area (Å²) >= 11 is 0. The van der Waals surface area contributed by atoms with Gasteiger partial charge >= 0.3 is 0 Å². The van der Waals surface area contributed by atoms with Crippen LogP contribution in [0.25, 0.3) is 0 Å². The molecule has 2 aromatic carbocycles. The van der Waals surface area contributed by atoms with Crippen LogP contribution in [-0.2, 0) is 0 Å². The maximum Gasteiger partial charge on any atom is 0.257 e. The van der Waals surface area contributed by atoms with Gasteiger partial charge in [-0.3, -0.25) is 14.4 Å². The molecule has 0 heterocycles. The molecule has 8 nitrogen and oxygen atoms in total. The van der Waals surface area contributed by atoms with Crippen LogP contribution in [0.2, 0.25) is 0 Å². The number of phenolic OH excluding ortho intramolecular Hbond substituents is 1. The second kappa shape index (κ2) is 8.22. The SMILES string of the molecule is CC(CCN(C)C)Nc1c(Nc2cccc(C(=O)N(C)C)c2O)c(=O)c1=O. The van der Waals surface area contributed by atoms with Crippen molar-refractivity contribution in [1.29, 1.82) is 0 Å². The van der Waals surface area contributed by atoms with Gasteiger partial charge in [-0.15, -0.1) is 0 Å². The van der Waals surface area contributed by atoms with Gasteiger partial charge in [-0.25, -0.2) is 0 Å². The molecule has 0 spiro atoms. The molecular formula is C19H26N4O4. The number of hydrogen-bond donors (Lipinski definition) is 3. The lowest BCUT2D eigenvalue weighted by Crippen LogP contribution is -2.39. The normalized spacial score (nSPS) is 12.2. The van der Waals surface area contributed by atoms with E-state index < -0.39 is 10.9 Å². The predicted octanol–water partition coefficient (Wildman–Crippen LogP) is 1.19. The minimum absolute atomic E-state index is 0.00787. The van der Waals surface area contributed by atoms with E-state index in [4.69, 9.17) is 0 Å². The zero-order chi connectivity index (χ0) is 20.3. The third-order valence-corrected chi connectivity index (χ3v) is 4.24. The number of carbonyl (C=O) groups excluding carboxylic acids is 1. The lowest BCUT2D eigenvalue weighted by molar-refractivity contribution is 0.0824. The second-order valence-corrected chi connectivity index (χ2v) is 7.07. The van der Waals surface area contributed by atoms with Crippen LogP contribution in [0.4, 0.5) is 17.1 Å². The molecule has 1 atom stereocenters. The highest BCUT2D eigenvalue weighted by atomic mass is 16.3. The Bertz CT molecular complexity index is 898. The Morgan fingerprint density at radius 3 is 2.33 bits per heavy atom. The van der Waals surface area contributed by atoms with Crippen LogP contribution in [-0.4, -0.2) is 61.6 Å². The van der Waals surface area contributed by atoms with Gasteiger partial charge in [0.1, 0.15) is 11.4 Å². The molecule has 1 unspecified atom stereocenters. The molecule has 27 heavy (non-hydrogen) atoms. The van der Waals surface area contributed by atoms with Crippen molar-refractivity contribution in [1.82, 2.24) is 9.80 Å². The van der Waals surface area contributed by atoms with Gasteiger partial charge in [0.25, 0.3) is 16.8 Å². The van der Waals surface area contributed by atoms with Crippen molar-refractivity contribution < 1.29 is 9.90 Å². The van der Waals surface area contributed by atoms with Gasteiger partial charge in [0, 0.05) is 20.1 Å². The first-order chi connectivity index (χ1) is 12.6. The third kappa shape index (κ3) is 4.46. The van der Waals surface area contributed by atoms with E-state index in [1.807, 2.05) is 25.9 Å². The Kier molecular flexibility index (Phi) is 6.22. The number of para-hydroxylation sites is 1. The fraction of sp³-hybridized carbons (Fsp3) is 0.421. The van der Waals surface area contributed by atoms with E-state index in [2.05, 4.69) is 10.6 Å². The number of phenols is 1. The van der Waals surface area contributed by atoms with Gasteiger partial charge in [-0.05, 0) is 46.1 Å².